The van der Waals surface area contributed by atoms with E-state index in [-0.39, 0.29) is 23.5 Å². The van der Waals surface area contributed by atoms with E-state index in [1.807, 2.05) is 18.7 Å². The smallest absolute Gasteiger partial charge is 0.253 e. The largest absolute Gasteiger partial charge is 0.341 e. The normalized spacial score (nSPS) is 15.5. The number of rotatable bonds is 4. The third kappa shape index (κ3) is 4.13. The fourth-order valence-corrected chi connectivity index (χ4v) is 3.20. The molecule has 0 saturated carbocycles. The quantitative estimate of drug-likeness (QED) is 0.848. The van der Waals surface area contributed by atoms with Crippen molar-refractivity contribution in [2.75, 3.05) is 26.2 Å². The van der Waals surface area contributed by atoms with Crippen LogP contribution in [0.3, 0.4) is 0 Å². The first-order valence-electron chi connectivity index (χ1n) is 8.82. The van der Waals surface area contributed by atoms with Crippen LogP contribution in [-0.4, -0.2) is 47.8 Å². The number of hydrogen-bond donors (Lipinski definition) is 0. The zero-order chi connectivity index (χ0) is 17.7. The number of aryl methyl sites for hydroxylation is 1. The number of carbonyl (C=O) groups excluding carboxylic acids is 2. The molecular formula is C19H27FN2O2. The molecule has 1 aromatic rings. The number of benzene rings is 1. The van der Waals surface area contributed by atoms with Gasteiger partial charge in [0.2, 0.25) is 5.91 Å². The lowest BCUT2D eigenvalue weighted by Gasteiger charge is -2.25. The molecule has 5 heteroatoms. The van der Waals surface area contributed by atoms with Crippen LogP contribution < -0.4 is 0 Å². The summed E-state index contributed by atoms with van der Waals surface area (Å²) in [5, 5.41) is 0. The van der Waals surface area contributed by atoms with Crippen LogP contribution in [0, 0.1) is 18.7 Å². The van der Waals surface area contributed by atoms with Gasteiger partial charge < -0.3 is 9.80 Å². The van der Waals surface area contributed by atoms with Crippen molar-refractivity contribution in [2.24, 2.45) is 5.92 Å². The molecule has 4 nitrogen and oxygen atoms in total. The molecule has 0 radical (unpaired) electrons. The number of hydrogen-bond acceptors (Lipinski definition) is 2. The van der Waals surface area contributed by atoms with Gasteiger partial charge in [0.25, 0.3) is 5.91 Å². The molecule has 24 heavy (non-hydrogen) atoms. The SMILES string of the molecule is CCC(CC)C(=O)N1CCCN(C(=O)c2ccc(F)c(C)c2)CC1. The van der Waals surface area contributed by atoms with Gasteiger partial charge in [0.05, 0.1) is 0 Å². The summed E-state index contributed by atoms with van der Waals surface area (Å²) in [4.78, 5) is 28.8. The van der Waals surface area contributed by atoms with E-state index in [2.05, 4.69) is 0 Å². The molecule has 1 fully saturated rings. The molecule has 0 aromatic heterocycles. The minimum absolute atomic E-state index is 0.0759. The van der Waals surface area contributed by atoms with Crippen LogP contribution in [0.2, 0.25) is 0 Å². The van der Waals surface area contributed by atoms with Crippen LogP contribution in [0.1, 0.15) is 49.0 Å². The molecule has 0 aliphatic carbocycles. The summed E-state index contributed by atoms with van der Waals surface area (Å²) in [6.45, 7) is 8.16. The van der Waals surface area contributed by atoms with Gasteiger partial charge in [-0.15, -0.1) is 0 Å². The van der Waals surface area contributed by atoms with Crippen molar-refractivity contribution in [2.45, 2.75) is 40.0 Å². The Bertz CT molecular complexity index is 599. The number of nitrogens with zero attached hydrogens (tertiary/aromatic N) is 2. The molecule has 0 unspecified atom stereocenters. The van der Waals surface area contributed by atoms with Gasteiger partial charge in [-0.25, -0.2) is 4.39 Å². The van der Waals surface area contributed by atoms with Crippen LogP contribution >= 0.6 is 0 Å². The van der Waals surface area contributed by atoms with Crippen LogP contribution in [0.25, 0.3) is 0 Å². The minimum atomic E-state index is -0.302. The first-order chi connectivity index (χ1) is 11.5. The van der Waals surface area contributed by atoms with E-state index in [4.69, 9.17) is 0 Å². The lowest BCUT2D eigenvalue weighted by molar-refractivity contribution is -0.135. The topological polar surface area (TPSA) is 40.6 Å². The molecule has 132 valence electrons. The summed E-state index contributed by atoms with van der Waals surface area (Å²) in [5.74, 6) is -0.113. The molecule has 1 aliphatic heterocycles. The van der Waals surface area contributed by atoms with E-state index in [1.54, 1.807) is 17.9 Å². The second kappa shape index (κ2) is 8.27. The van der Waals surface area contributed by atoms with Crippen LogP contribution in [0.4, 0.5) is 4.39 Å². The highest BCUT2D eigenvalue weighted by molar-refractivity contribution is 5.94. The average molecular weight is 334 g/mol. The molecule has 0 atom stereocenters. The molecule has 1 heterocycles. The monoisotopic (exact) mass is 334 g/mol. The Morgan fingerprint density at radius 2 is 1.71 bits per heavy atom. The van der Waals surface area contributed by atoms with Crippen LogP contribution in [0.5, 0.6) is 0 Å². The number of amides is 2. The Morgan fingerprint density at radius 1 is 1.08 bits per heavy atom. The van der Waals surface area contributed by atoms with Crippen molar-refractivity contribution < 1.29 is 14.0 Å². The van der Waals surface area contributed by atoms with E-state index < -0.39 is 0 Å². The third-order valence-electron chi connectivity index (χ3n) is 4.83. The lowest BCUT2D eigenvalue weighted by Crippen LogP contribution is -2.39. The molecule has 1 saturated heterocycles. The van der Waals surface area contributed by atoms with Crippen molar-refractivity contribution in [3.8, 4) is 0 Å². The van der Waals surface area contributed by atoms with E-state index in [0.29, 0.717) is 37.3 Å². The zero-order valence-corrected chi connectivity index (χ0v) is 14.8. The van der Waals surface area contributed by atoms with E-state index in [1.165, 1.54) is 12.1 Å². The highest BCUT2D eigenvalue weighted by Crippen LogP contribution is 2.16. The summed E-state index contributed by atoms with van der Waals surface area (Å²) in [6, 6.07) is 4.46. The fraction of sp³-hybridized carbons (Fsp3) is 0.579. The van der Waals surface area contributed by atoms with Crippen molar-refractivity contribution >= 4 is 11.8 Å². The Morgan fingerprint density at radius 3 is 2.33 bits per heavy atom. The maximum absolute atomic E-state index is 13.4. The Balaban J connectivity index is 2.03. The first kappa shape index (κ1) is 18.4. The van der Waals surface area contributed by atoms with Gasteiger partial charge in [-0.1, -0.05) is 13.8 Å². The second-order valence-electron chi connectivity index (χ2n) is 6.45. The third-order valence-corrected chi connectivity index (χ3v) is 4.83. The molecule has 1 aliphatic rings. The van der Waals surface area contributed by atoms with Gasteiger partial charge in [-0.3, -0.25) is 9.59 Å². The van der Waals surface area contributed by atoms with Gasteiger partial charge in [-0.05, 0) is 49.9 Å². The number of carbonyl (C=O) groups is 2. The Hall–Kier alpha value is -1.91. The minimum Gasteiger partial charge on any atom is -0.341 e. The molecular weight excluding hydrogens is 307 g/mol. The number of halogens is 1. The summed E-state index contributed by atoms with van der Waals surface area (Å²) in [7, 11) is 0. The summed E-state index contributed by atoms with van der Waals surface area (Å²) < 4.78 is 13.4. The van der Waals surface area contributed by atoms with Crippen LogP contribution in [-0.2, 0) is 4.79 Å². The molecule has 2 amide bonds. The van der Waals surface area contributed by atoms with Crippen molar-refractivity contribution in [1.82, 2.24) is 9.80 Å². The molecule has 1 aromatic carbocycles. The summed E-state index contributed by atoms with van der Waals surface area (Å²) >= 11 is 0. The predicted octanol–water partition coefficient (Wildman–Crippen LogP) is 3.24. The van der Waals surface area contributed by atoms with Gasteiger partial charge in [0, 0.05) is 37.7 Å². The van der Waals surface area contributed by atoms with E-state index in [0.717, 1.165) is 19.3 Å². The van der Waals surface area contributed by atoms with Crippen molar-refractivity contribution in [3.63, 3.8) is 0 Å². The van der Waals surface area contributed by atoms with Gasteiger partial charge in [0.15, 0.2) is 0 Å². The maximum atomic E-state index is 13.4. The zero-order valence-electron chi connectivity index (χ0n) is 14.8. The summed E-state index contributed by atoms with van der Waals surface area (Å²) in [6.07, 6.45) is 2.48. The van der Waals surface area contributed by atoms with Crippen LogP contribution in [0.15, 0.2) is 18.2 Å². The van der Waals surface area contributed by atoms with Gasteiger partial charge >= 0.3 is 0 Å². The standard InChI is InChI=1S/C19H27FN2O2/c1-4-15(5-2)18(23)21-9-6-10-22(12-11-21)19(24)16-7-8-17(20)14(3)13-16/h7-8,13,15H,4-6,9-12H2,1-3H3. The summed E-state index contributed by atoms with van der Waals surface area (Å²) in [5.41, 5.74) is 0.981. The molecule has 0 bridgehead atoms. The lowest BCUT2D eigenvalue weighted by atomic mass is 10.0. The highest BCUT2D eigenvalue weighted by atomic mass is 19.1. The Kier molecular flexibility index (Phi) is 6.35. The van der Waals surface area contributed by atoms with E-state index in [9.17, 15) is 14.0 Å². The average Bonchev–Trinajstić information content (AvgIpc) is 2.83. The van der Waals surface area contributed by atoms with Crippen molar-refractivity contribution in [1.29, 1.82) is 0 Å². The van der Waals surface area contributed by atoms with Gasteiger partial charge in [-0.2, -0.15) is 0 Å². The fourth-order valence-electron chi connectivity index (χ4n) is 3.20. The Labute approximate surface area is 143 Å². The van der Waals surface area contributed by atoms with Crippen molar-refractivity contribution in [3.05, 3.63) is 35.1 Å². The second-order valence-corrected chi connectivity index (χ2v) is 6.45. The molecule has 0 spiro atoms. The maximum Gasteiger partial charge on any atom is 0.253 e. The predicted molar refractivity (Wildman–Crippen MR) is 92.3 cm³/mol. The highest BCUT2D eigenvalue weighted by Gasteiger charge is 2.26. The molecule has 2 rings (SSSR count). The first-order valence-corrected chi connectivity index (χ1v) is 8.82. The molecule has 0 N–H and O–H groups in total. The van der Waals surface area contributed by atoms with E-state index >= 15 is 0 Å². The van der Waals surface area contributed by atoms with Gasteiger partial charge in [0.1, 0.15) is 5.82 Å².